The van der Waals surface area contributed by atoms with Gasteiger partial charge in [-0.25, -0.2) is 10.1 Å². The molecule has 0 aliphatic heterocycles. The van der Waals surface area contributed by atoms with Gasteiger partial charge in [-0.15, -0.1) is 0 Å². The van der Waals surface area contributed by atoms with Crippen molar-refractivity contribution in [3.05, 3.63) is 22.7 Å². The molecule has 0 amide bonds. The number of Topliss-reactive ketones (excluding diaryl/α,β-unsaturated/α-hetero) is 1. The summed E-state index contributed by atoms with van der Waals surface area (Å²) < 4.78 is 0. The summed E-state index contributed by atoms with van der Waals surface area (Å²) in [5.41, 5.74) is 0.652. The van der Waals surface area contributed by atoms with Crippen molar-refractivity contribution in [2.45, 2.75) is 39.5 Å². The topological polar surface area (TPSA) is 45.2 Å². The van der Waals surface area contributed by atoms with Crippen LogP contribution in [-0.2, 0) is 4.79 Å². The highest BCUT2D eigenvalue weighted by Gasteiger charge is 2.56. The number of nitrogens with zero attached hydrogens (tertiary/aromatic N) is 2. The maximum atomic E-state index is 12.7. The summed E-state index contributed by atoms with van der Waals surface area (Å²) in [4.78, 5) is 16.0. The van der Waals surface area contributed by atoms with E-state index in [2.05, 4.69) is 18.7 Å². The van der Waals surface area contributed by atoms with Gasteiger partial charge in [0.1, 0.15) is 0 Å². The number of hydrogen-bond donors (Lipinski definition) is 0. The Morgan fingerprint density at radius 3 is 2.30 bits per heavy atom. The summed E-state index contributed by atoms with van der Waals surface area (Å²) in [6, 6.07) is 1.96. The van der Waals surface area contributed by atoms with Crippen LogP contribution in [0.5, 0.6) is 0 Å². The Kier molecular flexibility index (Phi) is 3.17. The SMILES string of the molecule is [C-]#[N+]/C(C#N)=C1\C(=O)C2CCC(C)C3C(C)CCC1C23. The lowest BCUT2D eigenvalue weighted by molar-refractivity contribution is -0.121. The second-order valence-corrected chi connectivity index (χ2v) is 6.83. The Hall–Kier alpha value is -1.61. The number of rotatable bonds is 0. The molecule has 0 saturated heterocycles. The number of nitriles is 1. The Morgan fingerprint density at radius 1 is 1.15 bits per heavy atom. The molecule has 3 aliphatic rings. The van der Waals surface area contributed by atoms with Crippen molar-refractivity contribution in [3.63, 3.8) is 0 Å². The lowest BCUT2D eigenvalue weighted by atomic mass is 9.57. The Balaban J connectivity index is 2.10. The second-order valence-electron chi connectivity index (χ2n) is 6.83. The third-order valence-corrected chi connectivity index (χ3v) is 6.00. The van der Waals surface area contributed by atoms with Gasteiger partial charge in [0.05, 0.1) is 12.6 Å². The molecule has 20 heavy (non-hydrogen) atoms. The number of ketones is 1. The average molecular weight is 268 g/mol. The van der Waals surface area contributed by atoms with Gasteiger partial charge in [-0.2, -0.15) is 0 Å². The predicted octanol–water partition coefficient (Wildman–Crippen LogP) is 3.59. The first-order valence-electron chi connectivity index (χ1n) is 7.66. The van der Waals surface area contributed by atoms with Gasteiger partial charge in [0.25, 0.3) is 5.70 Å². The number of carbonyl (C=O) groups excluding carboxylic acids is 1. The molecule has 3 rings (SSSR count). The first-order chi connectivity index (χ1) is 9.60. The predicted molar refractivity (Wildman–Crippen MR) is 75.0 cm³/mol. The largest absolute Gasteiger partial charge is 0.296 e. The fraction of sp³-hybridized carbons (Fsp3) is 0.706. The van der Waals surface area contributed by atoms with Crippen molar-refractivity contribution >= 4 is 5.78 Å². The maximum absolute atomic E-state index is 12.7. The quantitative estimate of drug-likeness (QED) is 0.383. The highest BCUT2D eigenvalue weighted by Crippen LogP contribution is 2.58. The molecule has 0 N–H and O–H groups in total. The molecule has 6 atom stereocenters. The molecule has 3 nitrogen and oxygen atoms in total. The summed E-state index contributed by atoms with van der Waals surface area (Å²) in [5, 5.41) is 9.17. The van der Waals surface area contributed by atoms with Crippen LogP contribution in [0.2, 0.25) is 0 Å². The van der Waals surface area contributed by atoms with Crippen molar-refractivity contribution < 1.29 is 4.79 Å². The van der Waals surface area contributed by atoms with Crippen molar-refractivity contribution in [1.29, 1.82) is 5.26 Å². The molecular weight excluding hydrogens is 248 g/mol. The normalized spacial score (nSPS) is 45.3. The minimum Gasteiger partial charge on any atom is -0.296 e. The molecule has 0 aromatic carbocycles. The third-order valence-electron chi connectivity index (χ3n) is 6.00. The van der Waals surface area contributed by atoms with Gasteiger partial charge in [0, 0.05) is 11.5 Å². The number of hydrogen-bond acceptors (Lipinski definition) is 2. The van der Waals surface area contributed by atoms with Gasteiger partial charge in [0.15, 0.2) is 5.78 Å². The van der Waals surface area contributed by atoms with Gasteiger partial charge < -0.3 is 0 Å². The second kappa shape index (κ2) is 4.74. The monoisotopic (exact) mass is 268 g/mol. The van der Waals surface area contributed by atoms with E-state index in [9.17, 15) is 4.79 Å². The molecule has 0 bridgehead atoms. The molecule has 104 valence electrons. The Bertz CT molecular complexity index is 543. The van der Waals surface area contributed by atoms with Crippen LogP contribution < -0.4 is 0 Å². The van der Waals surface area contributed by atoms with Gasteiger partial charge in [0.2, 0.25) is 0 Å². The van der Waals surface area contributed by atoms with E-state index in [1.807, 2.05) is 6.07 Å². The molecule has 0 aromatic heterocycles. The zero-order valence-corrected chi connectivity index (χ0v) is 12.1. The fourth-order valence-corrected chi connectivity index (χ4v) is 5.25. The highest BCUT2D eigenvalue weighted by atomic mass is 16.1. The van der Waals surface area contributed by atoms with Crippen LogP contribution in [0.15, 0.2) is 11.3 Å². The first-order valence-corrected chi connectivity index (χ1v) is 7.66. The number of allylic oxidation sites excluding steroid dienone is 2. The summed E-state index contributed by atoms with van der Waals surface area (Å²) in [5.74, 6) is 2.72. The summed E-state index contributed by atoms with van der Waals surface area (Å²) in [6.45, 7) is 11.8. The molecule has 3 heteroatoms. The van der Waals surface area contributed by atoms with Crippen LogP contribution in [0.25, 0.3) is 4.85 Å². The van der Waals surface area contributed by atoms with E-state index < -0.39 is 0 Å². The van der Waals surface area contributed by atoms with Crippen LogP contribution in [0.4, 0.5) is 0 Å². The van der Waals surface area contributed by atoms with Crippen molar-refractivity contribution in [1.82, 2.24) is 0 Å². The van der Waals surface area contributed by atoms with Gasteiger partial charge in [-0.3, -0.25) is 4.79 Å². The average Bonchev–Trinajstić information content (AvgIpc) is 2.72. The molecule has 6 unspecified atom stereocenters. The van der Waals surface area contributed by atoms with Gasteiger partial charge in [-0.1, -0.05) is 13.8 Å². The van der Waals surface area contributed by atoms with Crippen molar-refractivity contribution in [3.8, 4) is 6.07 Å². The molecular formula is C17H20N2O. The van der Waals surface area contributed by atoms with E-state index >= 15 is 0 Å². The van der Waals surface area contributed by atoms with Gasteiger partial charge >= 0.3 is 0 Å². The molecule has 3 aliphatic carbocycles. The molecule has 0 aromatic rings. The summed E-state index contributed by atoms with van der Waals surface area (Å²) >= 11 is 0. The maximum Gasteiger partial charge on any atom is 0.268 e. The third kappa shape index (κ3) is 1.66. The minimum atomic E-state index is 0.0651. The smallest absolute Gasteiger partial charge is 0.268 e. The van der Waals surface area contributed by atoms with Crippen molar-refractivity contribution in [2.75, 3.05) is 0 Å². The van der Waals surface area contributed by atoms with Crippen molar-refractivity contribution in [2.24, 2.45) is 35.5 Å². The lowest BCUT2D eigenvalue weighted by Gasteiger charge is -2.47. The van der Waals surface area contributed by atoms with Crippen LogP contribution in [0.1, 0.15) is 39.5 Å². The molecule has 0 spiro atoms. The summed E-state index contributed by atoms with van der Waals surface area (Å²) in [6.07, 6.45) is 4.16. The zero-order chi connectivity index (χ0) is 14.4. The molecule has 0 heterocycles. The van der Waals surface area contributed by atoms with E-state index in [1.165, 1.54) is 0 Å². The fourth-order valence-electron chi connectivity index (χ4n) is 5.25. The minimum absolute atomic E-state index is 0.0651. The van der Waals surface area contributed by atoms with Gasteiger partial charge in [-0.05, 0) is 55.3 Å². The Morgan fingerprint density at radius 2 is 1.75 bits per heavy atom. The van der Waals surface area contributed by atoms with E-state index in [0.29, 0.717) is 29.2 Å². The highest BCUT2D eigenvalue weighted by molar-refractivity contribution is 6.02. The summed E-state index contributed by atoms with van der Waals surface area (Å²) in [7, 11) is 0. The van der Waals surface area contributed by atoms with E-state index in [4.69, 9.17) is 11.8 Å². The molecule has 0 radical (unpaired) electrons. The zero-order valence-electron chi connectivity index (χ0n) is 12.1. The lowest BCUT2D eigenvalue weighted by Crippen LogP contribution is -2.41. The standard InChI is InChI=1S/C17H20N2O/c1-9-4-6-11-15-12(7-5-10(2)14(9)15)17(20)16(11)13(8-18)19-3/h9-12,14-15H,4-7H2,1-2H3/b16-13-. The Labute approximate surface area is 120 Å². The first kappa shape index (κ1) is 13.4. The molecule has 3 fully saturated rings. The van der Waals surface area contributed by atoms with Crippen LogP contribution in [0.3, 0.4) is 0 Å². The van der Waals surface area contributed by atoms with Crippen LogP contribution >= 0.6 is 0 Å². The van der Waals surface area contributed by atoms with Crippen LogP contribution in [-0.4, -0.2) is 5.78 Å². The van der Waals surface area contributed by atoms with E-state index in [0.717, 1.165) is 25.7 Å². The van der Waals surface area contributed by atoms with E-state index in [-0.39, 0.29) is 23.3 Å². The van der Waals surface area contributed by atoms with Crippen LogP contribution in [0, 0.1) is 53.4 Å². The number of carbonyl (C=O) groups is 1. The van der Waals surface area contributed by atoms with E-state index in [1.54, 1.807) is 0 Å². The molecule has 3 saturated carbocycles.